The number of hydrogen-bond donors (Lipinski definition) is 0. The molecular weight excluding hydrogens is 678 g/mol. The third-order valence-electron chi connectivity index (χ3n) is 2.27. The average Bonchev–Trinajstić information content (AvgIpc) is 2.94. The second kappa shape index (κ2) is 41.3. The molecule has 0 spiro atoms. The zero-order valence-electron chi connectivity index (χ0n) is 20.8. The Morgan fingerprint density at radius 3 is 0.425 bits per heavy atom. The molecule has 0 saturated heterocycles. The molecular formula is C22H26Cl2Cu2N4O10. The Morgan fingerprint density at radius 2 is 0.400 bits per heavy atom. The van der Waals surface area contributed by atoms with Gasteiger partial charge in [0.1, 0.15) is 0 Å². The Hall–Kier alpha value is -2.18. The van der Waals surface area contributed by atoms with Crippen LogP contribution in [0.15, 0.2) is 122 Å². The van der Waals surface area contributed by atoms with E-state index >= 15 is 0 Å². The molecule has 4 aromatic rings. The summed E-state index contributed by atoms with van der Waals surface area (Å²) < 4.78 is 67.9. The van der Waals surface area contributed by atoms with Crippen LogP contribution in [0.4, 0.5) is 0 Å². The molecule has 18 heteroatoms. The number of halogens is 2. The van der Waals surface area contributed by atoms with E-state index in [4.69, 9.17) is 47.5 Å². The Kier molecular flexibility index (Phi) is 52.3. The van der Waals surface area contributed by atoms with Crippen molar-refractivity contribution in [2.45, 2.75) is 0 Å². The van der Waals surface area contributed by atoms with Crippen LogP contribution >= 0.6 is 0 Å². The van der Waals surface area contributed by atoms with Gasteiger partial charge in [-0.1, -0.05) is 24.3 Å². The van der Waals surface area contributed by atoms with Crippen LogP contribution in [0, 0.1) is 20.5 Å². The van der Waals surface area contributed by atoms with Gasteiger partial charge in [0.2, 0.25) is 0 Å². The van der Waals surface area contributed by atoms with Crippen molar-refractivity contribution in [1.29, 1.82) is 0 Å². The monoisotopic (exact) mass is 702 g/mol. The van der Waals surface area contributed by atoms with Crippen LogP contribution in [0.5, 0.6) is 0 Å². The van der Waals surface area contributed by atoms with E-state index in [0.29, 0.717) is 0 Å². The average molecular weight is 704 g/mol. The molecule has 0 saturated carbocycles. The Morgan fingerprint density at radius 1 is 0.300 bits per heavy atom. The van der Waals surface area contributed by atoms with Crippen molar-refractivity contribution in [2.75, 3.05) is 14.2 Å². The molecule has 4 aromatic heterocycles. The summed E-state index contributed by atoms with van der Waals surface area (Å²) in [5.41, 5.74) is 0. The maximum atomic E-state index is 8.49. The molecule has 2 radical (unpaired) electrons. The fraction of sp³-hybridized carbons (Fsp3) is 0.0909. The molecule has 14 nitrogen and oxygen atoms in total. The van der Waals surface area contributed by atoms with E-state index in [1.54, 1.807) is 49.6 Å². The quantitative estimate of drug-likeness (QED) is 0.154. The van der Waals surface area contributed by atoms with Gasteiger partial charge in [-0.2, -0.15) is 14.2 Å². The summed E-state index contributed by atoms with van der Waals surface area (Å²) in [5.74, 6) is 0. The van der Waals surface area contributed by atoms with Crippen molar-refractivity contribution >= 4 is 0 Å². The summed E-state index contributed by atoms with van der Waals surface area (Å²) in [7, 11) is -8.39. The van der Waals surface area contributed by atoms with Gasteiger partial charge in [-0.05, 0) is 48.5 Å². The van der Waals surface area contributed by atoms with Gasteiger partial charge in [0.05, 0.1) is 0 Å². The Balaban J connectivity index is -0.0000000839. The second-order valence-corrected chi connectivity index (χ2v) is 6.37. The molecule has 0 atom stereocenters. The van der Waals surface area contributed by atoms with Gasteiger partial charge in [-0.3, -0.25) is 19.9 Å². The molecule has 0 unspecified atom stereocenters. The molecule has 0 fully saturated rings. The summed E-state index contributed by atoms with van der Waals surface area (Å²) in [6.07, 6.45) is 14.0. The molecule has 4 rings (SSSR count). The van der Waals surface area contributed by atoms with Crippen LogP contribution < -0.4 is 47.5 Å². The van der Waals surface area contributed by atoms with Gasteiger partial charge < -0.3 is 10.2 Å². The fourth-order valence-corrected chi connectivity index (χ4v) is 1.25. The summed E-state index contributed by atoms with van der Waals surface area (Å²) in [5, 5.41) is 16.5. The molecule has 0 aromatic carbocycles. The van der Waals surface area contributed by atoms with Gasteiger partial charge in [0.15, 0.2) is 0 Å². The standard InChI is InChI=1S/4C5H5N.2CH3O.2ClHO4.2Cu/c4*1-2-4-6-5-3-1;2*1-2;2*2-1(3,4)5;;/h4*1-5H;2*1H3;2*(H,2,3,4,5);;/q;;;;2*-1;;;2*+2/p-2. The summed E-state index contributed by atoms with van der Waals surface area (Å²) in [6, 6.07) is 22.9. The van der Waals surface area contributed by atoms with E-state index in [1.807, 2.05) is 72.8 Å². The van der Waals surface area contributed by atoms with Crippen LogP contribution in [0.1, 0.15) is 0 Å². The fourth-order valence-electron chi connectivity index (χ4n) is 1.25. The number of hydrogen-bond acceptors (Lipinski definition) is 14. The molecule has 0 aliphatic rings. The number of pyridine rings is 4. The summed E-state index contributed by atoms with van der Waals surface area (Å²) in [4.78, 5) is 15.1. The van der Waals surface area contributed by atoms with Crippen molar-refractivity contribution in [2.24, 2.45) is 0 Å². The Labute approximate surface area is 257 Å². The molecule has 0 aliphatic carbocycles. The van der Waals surface area contributed by atoms with Gasteiger partial charge in [0.25, 0.3) is 0 Å². The SMILES string of the molecule is C[O-].C[O-].[Cu+2].[Cu+2].[O-][Cl+3]([O-])([O-])[O-].[O-][Cl+3]([O-])([O-])[O-].c1ccncc1.c1ccncc1.c1ccncc1.c1ccncc1. The van der Waals surface area contributed by atoms with Crippen molar-refractivity contribution in [3.63, 3.8) is 0 Å². The first kappa shape index (κ1) is 50.6. The number of nitrogens with zero attached hydrogens (tertiary/aromatic N) is 4. The van der Waals surface area contributed by atoms with Gasteiger partial charge in [0, 0.05) is 49.6 Å². The zero-order chi connectivity index (χ0) is 30.0. The van der Waals surface area contributed by atoms with Crippen LogP contribution in [-0.2, 0) is 34.1 Å². The first-order chi connectivity index (χ1) is 18.0. The zero-order valence-corrected chi connectivity index (χ0v) is 24.2. The number of aromatic nitrogens is 4. The van der Waals surface area contributed by atoms with Crippen LogP contribution in [-0.4, -0.2) is 34.2 Å². The van der Waals surface area contributed by atoms with Gasteiger partial charge in [-0.25, -0.2) is 37.3 Å². The molecule has 40 heavy (non-hydrogen) atoms. The molecule has 230 valence electrons. The minimum atomic E-state index is -4.94. The normalized spacial score (nSPS) is 8.10. The maximum absolute atomic E-state index is 8.49. The summed E-state index contributed by atoms with van der Waals surface area (Å²) in [6.45, 7) is 0. The second-order valence-electron chi connectivity index (χ2n) is 4.85. The van der Waals surface area contributed by atoms with E-state index in [1.165, 1.54) is 0 Å². The smallest absolute Gasteiger partial charge is 0.857 e. The van der Waals surface area contributed by atoms with E-state index in [-0.39, 0.29) is 34.1 Å². The minimum absolute atomic E-state index is 0. The van der Waals surface area contributed by atoms with Crippen LogP contribution in [0.2, 0.25) is 0 Å². The van der Waals surface area contributed by atoms with E-state index < -0.39 is 20.5 Å². The van der Waals surface area contributed by atoms with E-state index in [9.17, 15) is 0 Å². The van der Waals surface area contributed by atoms with E-state index in [0.717, 1.165) is 14.2 Å². The largest absolute Gasteiger partial charge is 2.00 e. The first-order valence-corrected chi connectivity index (χ1v) is 11.9. The van der Waals surface area contributed by atoms with Gasteiger partial charge in [-0.15, -0.1) is 20.5 Å². The van der Waals surface area contributed by atoms with Crippen LogP contribution in [0.3, 0.4) is 0 Å². The predicted octanol–water partition coefficient (Wildman–Crippen LogP) is -7.24. The predicted molar refractivity (Wildman–Crippen MR) is 109 cm³/mol. The third-order valence-corrected chi connectivity index (χ3v) is 2.27. The Bertz CT molecular complexity index is 622. The molecule has 4 heterocycles. The maximum Gasteiger partial charge on any atom is 2.00 e. The molecule has 0 amide bonds. The van der Waals surface area contributed by atoms with Crippen molar-refractivity contribution in [3.8, 4) is 0 Å². The molecule has 0 bridgehead atoms. The summed E-state index contributed by atoms with van der Waals surface area (Å²) >= 11 is 0. The number of rotatable bonds is 0. The molecule has 0 N–H and O–H groups in total. The van der Waals surface area contributed by atoms with Crippen LogP contribution in [0.25, 0.3) is 0 Å². The van der Waals surface area contributed by atoms with Crippen molar-refractivity contribution in [3.05, 3.63) is 122 Å². The van der Waals surface area contributed by atoms with Crippen molar-refractivity contribution < 1.29 is 102 Å². The third kappa shape index (κ3) is 91.2. The van der Waals surface area contributed by atoms with Crippen molar-refractivity contribution in [1.82, 2.24) is 19.9 Å². The molecule has 0 aliphatic heterocycles. The topological polar surface area (TPSA) is 282 Å². The first-order valence-electron chi connectivity index (χ1n) is 9.45. The van der Waals surface area contributed by atoms with E-state index in [2.05, 4.69) is 19.9 Å². The minimum Gasteiger partial charge on any atom is -0.857 e. The van der Waals surface area contributed by atoms with Gasteiger partial charge >= 0.3 is 34.1 Å².